The molecule has 9 nitrogen and oxygen atoms in total. The molecule has 0 fully saturated rings. The number of imidazole rings is 1. The molecule has 4 rings (SSSR count). The molecular weight excluding hydrogens is 370 g/mol. The second-order valence-electron chi connectivity index (χ2n) is 7.31. The van der Waals surface area contributed by atoms with Crippen molar-refractivity contribution in [3.05, 3.63) is 61.0 Å². The van der Waals surface area contributed by atoms with Gasteiger partial charge in [-0.1, -0.05) is 13.8 Å². The zero-order valence-corrected chi connectivity index (χ0v) is 16.2. The first-order valence-corrected chi connectivity index (χ1v) is 9.36. The molecule has 0 amide bonds. The van der Waals surface area contributed by atoms with Crippen molar-refractivity contribution in [1.82, 2.24) is 34.1 Å². The van der Waals surface area contributed by atoms with Crippen LogP contribution in [0.4, 0.5) is 0 Å². The maximum Gasteiger partial charge on any atom is 0.316 e. The molecule has 0 aliphatic carbocycles. The maximum atomic E-state index is 12.0. The second kappa shape index (κ2) is 7.78. The van der Waals surface area contributed by atoms with E-state index in [1.54, 1.807) is 46.3 Å². The Balaban J connectivity index is 1.87. The topological polar surface area (TPSA) is 111 Å². The third-order valence-corrected chi connectivity index (χ3v) is 4.61. The van der Waals surface area contributed by atoms with Gasteiger partial charge in [-0.25, -0.2) is 9.97 Å². The van der Waals surface area contributed by atoms with Gasteiger partial charge in [-0.2, -0.15) is 0 Å². The van der Waals surface area contributed by atoms with Gasteiger partial charge in [-0.05, 0) is 24.5 Å². The Morgan fingerprint density at radius 2 is 2.07 bits per heavy atom. The van der Waals surface area contributed by atoms with Crippen molar-refractivity contribution in [1.29, 1.82) is 0 Å². The molecule has 0 spiro atoms. The van der Waals surface area contributed by atoms with Gasteiger partial charge >= 0.3 is 5.97 Å². The number of nitrogens with zero attached hydrogens (tertiary/aromatic N) is 7. The second-order valence-corrected chi connectivity index (χ2v) is 7.31. The number of carboxylic acid groups (broad SMARTS) is 1. The molecule has 0 saturated carbocycles. The monoisotopic (exact) mass is 391 g/mol. The van der Waals surface area contributed by atoms with Gasteiger partial charge in [-0.15, -0.1) is 10.2 Å². The molecule has 1 atom stereocenters. The lowest BCUT2D eigenvalue weighted by atomic mass is 10.1. The highest BCUT2D eigenvalue weighted by molar-refractivity contribution is 5.75. The number of carbonyl (C=O) groups is 1. The summed E-state index contributed by atoms with van der Waals surface area (Å²) in [5, 5.41) is 18.4. The fourth-order valence-corrected chi connectivity index (χ4v) is 3.26. The third-order valence-electron chi connectivity index (χ3n) is 4.61. The molecule has 4 aromatic rings. The normalized spacial score (nSPS) is 12.5. The zero-order valence-electron chi connectivity index (χ0n) is 16.2. The van der Waals surface area contributed by atoms with Crippen LogP contribution in [0.5, 0.6) is 0 Å². The Labute approximate surface area is 167 Å². The molecular formula is C20H21N7O2. The highest BCUT2D eigenvalue weighted by Gasteiger charge is 2.27. The fraction of sp³-hybridized carbons (Fsp3) is 0.300. The zero-order chi connectivity index (χ0) is 20.4. The number of aliphatic carboxylic acids is 1. The standard InChI is InChI=1S/C20H21N7O2/c1-13(2)8-16-19-25-24-18(15(20(28)29)10-26-7-6-22-12-26)27(19)11-17(23-16)14-4-3-5-21-9-14/h3-7,9,11-13,15H,8,10H2,1-2H3,(H,28,29). The van der Waals surface area contributed by atoms with Gasteiger partial charge in [0.2, 0.25) is 0 Å². The molecule has 9 heteroatoms. The fourth-order valence-electron chi connectivity index (χ4n) is 3.26. The molecule has 148 valence electrons. The lowest BCUT2D eigenvalue weighted by Gasteiger charge is -2.13. The lowest BCUT2D eigenvalue weighted by Crippen LogP contribution is -2.20. The van der Waals surface area contributed by atoms with Gasteiger partial charge < -0.3 is 9.67 Å². The van der Waals surface area contributed by atoms with Crippen LogP contribution in [0.1, 0.15) is 31.3 Å². The van der Waals surface area contributed by atoms with E-state index in [0.29, 0.717) is 29.5 Å². The minimum Gasteiger partial charge on any atom is -0.481 e. The number of aromatic nitrogens is 7. The van der Waals surface area contributed by atoms with Crippen LogP contribution < -0.4 is 0 Å². The Hall–Kier alpha value is -3.62. The van der Waals surface area contributed by atoms with Crippen LogP contribution in [0.15, 0.2) is 49.4 Å². The number of pyridine rings is 1. The molecule has 0 aromatic carbocycles. The van der Waals surface area contributed by atoms with Crippen LogP contribution in [0.3, 0.4) is 0 Å². The van der Waals surface area contributed by atoms with Crippen molar-refractivity contribution < 1.29 is 9.90 Å². The Bertz CT molecular complexity index is 1120. The molecule has 29 heavy (non-hydrogen) atoms. The summed E-state index contributed by atoms with van der Waals surface area (Å²) in [6.07, 6.45) is 10.9. The first kappa shape index (κ1) is 18.7. The predicted molar refractivity (Wildman–Crippen MR) is 105 cm³/mol. The number of fused-ring (bicyclic) bond motifs is 1. The van der Waals surface area contributed by atoms with Crippen LogP contribution in [0, 0.1) is 5.92 Å². The Morgan fingerprint density at radius 3 is 2.72 bits per heavy atom. The van der Waals surface area contributed by atoms with Crippen LogP contribution in [0.25, 0.3) is 16.9 Å². The van der Waals surface area contributed by atoms with E-state index in [1.807, 2.05) is 12.1 Å². The number of carboxylic acids is 1. The maximum absolute atomic E-state index is 12.0. The molecule has 0 radical (unpaired) electrons. The molecule has 4 heterocycles. The van der Waals surface area contributed by atoms with Crippen LogP contribution in [-0.2, 0) is 17.8 Å². The SMILES string of the molecule is CC(C)Cc1nc(-c2cccnc2)cn2c(C(Cn3ccnc3)C(=O)O)nnc12. The first-order valence-electron chi connectivity index (χ1n) is 9.36. The van der Waals surface area contributed by atoms with Gasteiger partial charge in [0.15, 0.2) is 11.5 Å². The number of hydrogen-bond acceptors (Lipinski definition) is 6. The molecule has 0 bridgehead atoms. The summed E-state index contributed by atoms with van der Waals surface area (Å²) in [7, 11) is 0. The minimum absolute atomic E-state index is 0.209. The van der Waals surface area contributed by atoms with E-state index < -0.39 is 11.9 Å². The van der Waals surface area contributed by atoms with Crippen molar-refractivity contribution in [3.8, 4) is 11.3 Å². The summed E-state index contributed by atoms with van der Waals surface area (Å²) < 4.78 is 3.47. The molecule has 0 aliphatic rings. The van der Waals surface area contributed by atoms with Gasteiger partial charge in [0.25, 0.3) is 0 Å². The van der Waals surface area contributed by atoms with Crippen molar-refractivity contribution in [2.24, 2.45) is 5.92 Å². The highest BCUT2D eigenvalue weighted by Crippen LogP contribution is 2.24. The average molecular weight is 391 g/mol. The van der Waals surface area contributed by atoms with E-state index >= 15 is 0 Å². The summed E-state index contributed by atoms with van der Waals surface area (Å²) in [5.41, 5.74) is 2.92. The first-order chi connectivity index (χ1) is 14.0. The lowest BCUT2D eigenvalue weighted by molar-refractivity contribution is -0.139. The van der Waals surface area contributed by atoms with Gasteiger partial charge in [0.05, 0.1) is 17.7 Å². The number of rotatable bonds is 7. The molecule has 0 aliphatic heterocycles. The average Bonchev–Trinajstić information content (AvgIpc) is 3.36. The van der Waals surface area contributed by atoms with Crippen molar-refractivity contribution >= 4 is 11.6 Å². The third kappa shape index (κ3) is 3.84. The highest BCUT2D eigenvalue weighted by atomic mass is 16.4. The quantitative estimate of drug-likeness (QED) is 0.515. The Morgan fingerprint density at radius 1 is 1.21 bits per heavy atom. The van der Waals surface area contributed by atoms with Crippen molar-refractivity contribution in [2.45, 2.75) is 32.7 Å². The van der Waals surface area contributed by atoms with Gasteiger partial charge in [-0.3, -0.25) is 14.2 Å². The van der Waals surface area contributed by atoms with E-state index in [1.165, 1.54) is 0 Å². The summed E-state index contributed by atoms with van der Waals surface area (Å²) in [6, 6.07) is 3.76. The summed E-state index contributed by atoms with van der Waals surface area (Å²) >= 11 is 0. The van der Waals surface area contributed by atoms with Crippen molar-refractivity contribution in [3.63, 3.8) is 0 Å². The number of hydrogen-bond donors (Lipinski definition) is 1. The van der Waals surface area contributed by atoms with E-state index in [4.69, 9.17) is 4.98 Å². The van der Waals surface area contributed by atoms with E-state index in [-0.39, 0.29) is 6.54 Å². The van der Waals surface area contributed by atoms with Crippen LogP contribution in [0.2, 0.25) is 0 Å². The largest absolute Gasteiger partial charge is 0.481 e. The predicted octanol–water partition coefficient (Wildman–Crippen LogP) is 2.45. The van der Waals surface area contributed by atoms with Gasteiger partial charge in [0, 0.05) is 43.1 Å². The van der Waals surface area contributed by atoms with Crippen molar-refractivity contribution in [2.75, 3.05) is 0 Å². The van der Waals surface area contributed by atoms with E-state index in [9.17, 15) is 9.90 Å². The summed E-state index contributed by atoms with van der Waals surface area (Å²) in [4.78, 5) is 25.0. The van der Waals surface area contributed by atoms with E-state index in [0.717, 1.165) is 11.3 Å². The van der Waals surface area contributed by atoms with E-state index in [2.05, 4.69) is 34.0 Å². The summed E-state index contributed by atoms with van der Waals surface area (Å²) in [6.45, 7) is 4.41. The van der Waals surface area contributed by atoms with Gasteiger partial charge in [0.1, 0.15) is 5.92 Å². The minimum atomic E-state index is -0.974. The van der Waals surface area contributed by atoms with Crippen LogP contribution in [-0.4, -0.2) is 45.2 Å². The molecule has 4 aromatic heterocycles. The van der Waals surface area contributed by atoms with Crippen LogP contribution >= 0.6 is 0 Å². The molecule has 0 saturated heterocycles. The molecule has 1 N–H and O–H groups in total. The molecule has 1 unspecified atom stereocenters. The Kier molecular flexibility index (Phi) is 5.03. The smallest absolute Gasteiger partial charge is 0.316 e. The summed E-state index contributed by atoms with van der Waals surface area (Å²) in [5.74, 6) is -1.14.